The molecule has 1 aromatic carbocycles. The number of aliphatic carboxylic acids is 1. The first-order valence-electron chi connectivity index (χ1n) is 14.1. The molecule has 5 rings (SSSR count). The van der Waals surface area contributed by atoms with Gasteiger partial charge in [0.05, 0.1) is 18.7 Å². The fourth-order valence-electron chi connectivity index (χ4n) is 5.63. The van der Waals surface area contributed by atoms with Gasteiger partial charge in [-0.05, 0) is 43.7 Å². The van der Waals surface area contributed by atoms with Gasteiger partial charge in [-0.3, -0.25) is 14.5 Å². The number of anilines is 1. The summed E-state index contributed by atoms with van der Waals surface area (Å²) in [4.78, 5) is 36.8. The number of carboxylic acid groups (broad SMARTS) is 1. The molecule has 40 heavy (non-hydrogen) atoms. The van der Waals surface area contributed by atoms with Crippen molar-refractivity contribution in [3.63, 3.8) is 0 Å². The summed E-state index contributed by atoms with van der Waals surface area (Å²) in [6, 6.07) is 11.9. The largest absolute Gasteiger partial charge is 0.481 e. The molecule has 2 fully saturated rings. The number of carbonyl (C=O) groups is 2. The fraction of sp³-hybridized carbons (Fsp3) is 0.484. The van der Waals surface area contributed by atoms with Crippen molar-refractivity contribution in [2.24, 2.45) is 11.8 Å². The van der Waals surface area contributed by atoms with Crippen LogP contribution in [0.1, 0.15) is 58.3 Å². The fourth-order valence-corrected chi connectivity index (χ4v) is 6.53. The number of carboxylic acids is 1. The van der Waals surface area contributed by atoms with Crippen molar-refractivity contribution in [1.29, 1.82) is 0 Å². The molecule has 0 radical (unpaired) electrons. The molecule has 0 spiro atoms. The van der Waals surface area contributed by atoms with Crippen LogP contribution in [0.3, 0.4) is 0 Å². The highest BCUT2D eigenvalue weighted by Crippen LogP contribution is 2.40. The Kier molecular flexibility index (Phi) is 9.11. The van der Waals surface area contributed by atoms with Crippen LogP contribution in [-0.4, -0.2) is 52.8 Å². The van der Waals surface area contributed by atoms with Crippen LogP contribution < -0.4 is 9.64 Å². The van der Waals surface area contributed by atoms with Gasteiger partial charge in [0.2, 0.25) is 11.8 Å². The maximum absolute atomic E-state index is 13.8. The van der Waals surface area contributed by atoms with Gasteiger partial charge in [0.15, 0.2) is 5.13 Å². The average Bonchev–Trinajstić information content (AvgIpc) is 3.41. The molecule has 0 aliphatic heterocycles. The zero-order valence-electron chi connectivity index (χ0n) is 23.1. The lowest BCUT2D eigenvalue weighted by atomic mass is 9.90. The van der Waals surface area contributed by atoms with Crippen molar-refractivity contribution in [2.75, 3.05) is 18.6 Å². The lowest BCUT2D eigenvalue weighted by Gasteiger charge is -2.26. The van der Waals surface area contributed by atoms with Gasteiger partial charge in [-0.25, -0.2) is 9.97 Å². The van der Waals surface area contributed by atoms with E-state index in [2.05, 4.69) is 4.98 Å². The molecule has 1 N–H and O–H groups in total. The Bertz CT molecular complexity index is 1300. The van der Waals surface area contributed by atoms with E-state index in [9.17, 15) is 14.7 Å². The number of aromatic nitrogens is 2. The quantitative estimate of drug-likeness (QED) is 0.255. The minimum absolute atomic E-state index is 0.0894. The molecule has 0 unspecified atom stereocenters. The van der Waals surface area contributed by atoms with E-state index in [1.165, 1.54) is 24.2 Å². The molecule has 2 aromatic heterocycles. The first kappa shape index (κ1) is 28.2. The van der Waals surface area contributed by atoms with E-state index in [0.29, 0.717) is 30.0 Å². The molecule has 8 nitrogen and oxygen atoms in total. The topological polar surface area (TPSA) is 102 Å². The second-order valence-corrected chi connectivity index (χ2v) is 11.8. The van der Waals surface area contributed by atoms with Crippen LogP contribution in [0.2, 0.25) is 0 Å². The molecule has 2 aliphatic carbocycles. The summed E-state index contributed by atoms with van der Waals surface area (Å²) in [6.45, 7) is 2.42. The summed E-state index contributed by atoms with van der Waals surface area (Å²) in [6.07, 6.45) is 8.54. The Morgan fingerprint density at radius 3 is 2.50 bits per heavy atom. The van der Waals surface area contributed by atoms with Crippen molar-refractivity contribution in [2.45, 2.75) is 70.4 Å². The summed E-state index contributed by atoms with van der Waals surface area (Å²) in [5, 5.41) is 12.2. The summed E-state index contributed by atoms with van der Waals surface area (Å²) in [7, 11) is 1.64. The lowest BCUT2D eigenvalue weighted by Crippen LogP contribution is -2.39. The van der Waals surface area contributed by atoms with Gasteiger partial charge in [-0.15, -0.1) is 11.3 Å². The van der Waals surface area contributed by atoms with Crippen LogP contribution in [0.25, 0.3) is 22.4 Å². The molecule has 212 valence electrons. The maximum atomic E-state index is 13.8. The number of thiazole rings is 1. The Morgan fingerprint density at radius 2 is 1.85 bits per heavy atom. The van der Waals surface area contributed by atoms with Gasteiger partial charge in [0, 0.05) is 47.8 Å². The van der Waals surface area contributed by atoms with Gasteiger partial charge in [-0.2, -0.15) is 0 Å². The molecule has 9 heteroatoms. The second kappa shape index (κ2) is 12.9. The minimum atomic E-state index is -0.918. The van der Waals surface area contributed by atoms with Gasteiger partial charge in [-0.1, -0.05) is 49.9 Å². The van der Waals surface area contributed by atoms with Gasteiger partial charge >= 0.3 is 5.97 Å². The molecule has 2 heterocycles. The highest BCUT2D eigenvalue weighted by Gasteiger charge is 2.40. The van der Waals surface area contributed by atoms with Crippen LogP contribution in [0.4, 0.5) is 5.13 Å². The number of methoxy groups -OCH3 is 1. The molecular formula is C31H37N3O5S. The van der Waals surface area contributed by atoms with Gasteiger partial charge < -0.3 is 14.6 Å². The van der Waals surface area contributed by atoms with Gasteiger partial charge in [0.25, 0.3) is 0 Å². The van der Waals surface area contributed by atoms with Crippen LogP contribution in [-0.2, 0) is 14.3 Å². The first-order chi connectivity index (χ1) is 19.4. The zero-order valence-corrected chi connectivity index (χ0v) is 23.9. The molecule has 0 bridgehead atoms. The third-order valence-corrected chi connectivity index (χ3v) is 8.52. The van der Waals surface area contributed by atoms with Crippen molar-refractivity contribution in [3.05, 3.63) is 48.0 Å². The highest BCUT2D eigenvalue weighted by atomic mass is 32.1. The Hall–Kier alpha value is -3.30. The molecule has 1 amide bonds. The third kappa shape index (κ3) is 6.88. The summed E-state index contributed by atoms with van der Waals surface area (Å²) in [5.41, 5.74) is 3.65. The minimum Gasteiger partial charge on any atom is -0.481 e. The van der Waals surface area contributed by atoms with Crippen LogP contribution in [0.15, 0.2) is 48.0 Å². The molecule has 2 aliphatic rings. The molecule has 3 aromatic rings. The SMILES string of the molecule is COC[C@@H](C)Oc1ccc(-c2ccccc2-c2csc(N(C(=O)[C@@H](CC(=O)O)CC3CCCC3)C3CC3)n2)cn1. The normalized spacial score (nSPS) is 16.9. The van der Waals surface area contributed by atoms with E-state index >= 15 is 0 Å². The maximum Gasteiger partial charge on any atom is 0.304 e. The van der Waals surface area contributed by atoms with Crippen molar-refractivity contribution in [3.8, 4) is 28.3 Å². The summed E-state index contributed by atoms with van der Waals surface area (Å²) >= 11 is 1.45. The second-order valence-electron chi connectivity index (χ2n) is 11.0. The predicted molar refractivity (Wildman–Crippen MR) is 156 cm³/mol. The number of rotatable bonds is 13. The summed E-state index contributed by atoms with van der Waals surface area (Å²) in [5.74, 6) is -0.553. The standard InChI is InChI=1S/C31H37N3O5S/c1-20(18-38-2)39-28-14-11-22(17-32-28)25-9-5-6-10-26(25)27-19-40-31(33-27)34(24-12-13-24)30(37)23(16-29(35)36)15-21-7-3-4-8-21/h5-6,9-11,14,17,19-21,23-24H,3-4,7-8,12-13,15-16,18H2,1-2H3,(H,35,36)/t20-,23-/m1/s1. The monoisotopic (exact) mass is 563 g/mol. The first-order valence-corrected chi connectivity index (χ1v) is 15.0. The van der Waals surface area contributed by atoms with E-state index in [1.807, 2.05) is 48.7 Å². The number of carbonyl (C=O) groups excluding carboxylic acids is 1. The Labute approximate surface area is 239 Å². The average molecular weight is 564 g/mol. The van der Waals surface area contributed by atoms with E-state index in [-0.39, 0.29) is 24.5 Å². The predicted octanol–water partition coefficient (Wildman–Crippen LogP) is 6.45. The molecule has 0 saturated heterocycles. The number of nitrogens with zero attached hydrogens (tertiary/aromatic N) is 3. The summed E-state index contributed by atoms with van der Waals surface area (Å²) < 4.78 is 10.9. The van der Waals surface area contributed by atoms with Gasteiger partial charge in [0.1, 0.15) is 6.10 Å². The number of benzene rings is 1. The Morgan fingerprint density at radius 1 is 1.10 bits per heavy atom. The van der Waals surface area contributed by atoms with E-state index in [1.54, 1.807) is 18.2 Å². The van der Waals surface area contributed by atoms with Crippen LogP contribution in [0.5, 0.6) is 5.88 Å². The number of amides is 1. The highest BCUT2D eigenvalue weighted by molar-refractivity contribution is 7.14. The van der Waals surface area contributed by atoms with E-state index in [0.717, 1.165) is 48.1 Å². The number of hydrogen-bond acceptors (Lipinski definition) is 7. The van der Waals surface area contributed by atoms with Crippen molar-refractivity contribution in [1.82, 2.24) is 9.97 Å². The molecule has 2 atom stereocenters. The van der Waals surface area contributed by atoms with Crippen molar-refractivity contribution >= 4 is 28.3 Å². The zero-order chi connectivity index (χ0) is 28.1. The third-order valence-electron chi connectivity index (χ3n) is 7.68. The Balaban J connectivity index is 1.38. The van der Waals surface area contributed by atoms with E-state index in [4.69, 9.17) is 14.5 Å². The van der Waals surface area contributed by atoms with Crippen LogP contribution in [0, 0.1) is 11.8 Å². The van der Waals surface area contributed by atoms with Crippen molar-refractivity contribution < 1.29 is 24.2 Å². The smallest absolute Gasteiger partial charge is 0.304 e. The molecule has 2 saturated carbocycles. The molecular weight excluding hydrogens is 526 g/mol. The number of pyridine rings is 1. The van der Waals surface area contributed by atoms with Crippen LogP contribution >= 0.6 is 11.3 Å². The van der Waals surface area contributed by atoms with E-state index < -0.39 is 11.9 Å². The number of hydrogen-bond donors (Lipinski definition) is 1. The lowest BCUT2D eigenvalue weighted by molar-refractivity contribution is -0.141. The number of ether oxygens (including phenoxy) is 2.